The van der Waals surface area contributed by atoms with Gasteiger partial charge in [0.2, 0.25) is 5.95 Å². The van der Waals surface area contributed by atoms with Crippen LogP contribution in [0.1, 0.15) is 36.9 Å². The number of hydrogen-bond donors (Lipinski definition) is 1. The predicted molar refractivity (Wildman–Crippen MR) is 86.6 cm³/mol. The van der Waals surface area contributed by atoms with Crippen LogP contribution in [0.4, 0.5) is 11.8 Å². The zero-order valence-corrected chi connectivity index (χ0v) is 12.4. The molecule has 2 N–H and O–H groups in total. The molecule has 0 unspecified atom stereocenters. The summed E-state index contributed by atoms with van der Waals surface area (Å²) >= 11 is 0. The summed E-state index contributed by atoms with van der Waals surface area (Å²) in [6.45, 7) is 9.36. The molecule has 0 aromatic carbocycles. The van der Waals surface area contributed by atoms with Crippen molar-refractivity contribution >= 4 is 24.1 Å². The van der Waals surface area contributed by atoms with E-state index in [1.165, 1.54) is 19.0 Å². The van der Waals surface area contributed by atoms with Gasteiger partial charge >= 0.3 is 0 Å². The summed E-state index contributed by atoms with van der Waals surface area (Å²) in [6, 6.07) is 1.95. The molecule has 1 aliphatic carbocycles. The Balaban J connectivity index is 2.01. The number of aromatic nitrogens is 3. The molecule has 1 saturated carbocycles. The normalized spacial score (nSPS) is 13.7. The van der Waals surface area contributed by atoms with Gasteiger partial charge in [0.05, 0.1) is 6.20 Å². The lowest BCUT2D eigenvalue weighted by Gasteiger charge is -2.13. The molecule has 0 saturated heterocycles. The van der Waals surface area contributed by atoms with Gasteiger partial charge in [-0.05, 0) is 32.1 Å². The highest BCUT2D eigenvalue weighted by atomic mass is 16.5. The van der Waals surface area contributed by atoms with Gasteiger partial charge < -0.3 is 10.5 Å². The van der Waals surface area contributed by atoms with E-state index in [1.807, 2.05) is 13.0 Å². The topological polar surface area (TPSA) is 86.3 Å². The Morgan fingerprint density at radius 2 is 2.09 bits per heavy atom. The van der Waals surface area contributed by atoms with Crippen LogP contribution in [0.3, 0.4) is 0 Å². The molecule has 0 spiro atoms. The quantitative estimate of drug-likeness (QED) is 0.853. The molecule has 0 atom stereocenters. The summed E-state index contributed by atoms with van der Waals surface area (Å²) in [5.74, 6) is 2.04. The van der Waals surface area contributed by atoms with Crippen LogP contribution in [0.15, 0.2) is 30.0 Å². The lowest BCUT2D eigenvalue weighted by Crippen LogP contribution is -1.98. The van der Waals surface area contributed by atoms with Gasteiger partial charge in [-0.3, -0.25) is 4.98 Å². The van der Waals surface area contributed by atoms with Crippen LogP contribution in [-0.2, 0) is 0 Å². The zero-order valence-electron chi connectivity index (χ0n) is 12.4. The van der Waals surface area contributed by atoms with Crippen molar-refractivity contribution in [3.8, 4) is 11.5 Å². The highest BCUT2D eigenvalue weighted by Crippen LogP contribution is 2.42. The number of allylic oxidation sites excluding steroid dienone is 1. The molecular weight excluding hydrogens is 278 g/mol. The largest absolute Gasteiger partial charge is 0.451 e. The minimum atomic E-state index is 0.128. The Labute approximate surface area is 128 Å². The van der Waals surface area contributed by atoms with E-state index in [9.17, 15) is 0 Å². The maximum Gasteiger partial charge on any atom is 0.222 e. The van der Waals surface area contributed by atoms with Gasteiger partial charge in [-0.25, -0.2) is 9.98 Å². The fraction of sp³-hybridized carbons (Fsp3) is 0.250. The molecule has 2 heterocycles. The van der Waals surface area contributed by atoms with Gasteiger partial charge in [-0.2, -0.15) is 4.98 Å². The van der Waals surface area contributed by atoms with E-state index in [2.05, 4.69) is 33.2 Å². The van der Waals surface area contributed by atoms with Gasteiger partial charge in [-0.1, -0.05) is 6.58 Å². The Morgan fingerprint density at radius 3 is 2.73 bits per heavy atom. The fourth-order valence-corrected chi connectivity index (χ4v) is 2.14. The first kappa shape index (κ1) is 14.2. The number of nitrogen functional groups attached to an aromatic ring is 1. The Bertz CT molecular complexity index is 752. The van der Waals surface area contributed by atoms with Gasteiger partial charge in [-0.15, -0.1) is 0 Å². The molecule has 0 bridgehead atoms. The first-order chi connectivity index (χ1) is 10.6. The van der Waals surface area contributed by atoms with Crippen molar-refractivity contribution in [2.45, 2.75) is 25.7 Å². The second-order valence-corrected chi connectivity index (χ2v) is 5.34. The van der Waals surface area contributed by atoms with E-state index in [0.717, 1.165) is 16.8 Å². The Kier molecular flexibility index (Phi) is 3.58. The molecular formula is C16H17N5O. The molecule has 1 aliphatic rings. The van der Waals surface area contributed by atoms with E-state index in [0.29, 0.717) is 23.2 Å². The first-order valence-corrected chi connectivity index (χ1v) is 7.01. The second-order valence-electron chi connectivity index (χ2n) is 5.34. The monoisotopic (exact) mass is 295 g/mol. The Hall–Kier alpha value is -2.76. The van der Waals surface area contributed by atoms with Crippen LogP contribution in [0.25, 0.3) is 5.57 Å². The van der Waals surface area contributed by atoms with Crippen LogP contribution in [0, 0.1) is 0 Å². The van der Waals surface area contributed by atoms with Gasteiger partial charge in [0.25, 0.3) is 0 Å². The summed E-state index contributed by atoms with van der Waals surface area (Å²) < 4.78 is 5.95. The number of nitrogens with two attached hydrogens (primary N) is 1. The highest BCUT2D eigenvalue weighted by Gasteiger charge is 2.26. The van der Waals surface area contributed by atoms with Crippen LogP contribution in [-0.4, -0.2) is 21.7 Å². The number of ether oxygens (including phenoxy) is 1. The van der Waals surface area contributed by atoms with Gasteiger partial charge in [0.1, 0.15) is 5.75 Å². The lowest BCUT2D eigenvalue weighted by atomic mass is 10.1. The Morgan fingerprint density at radius 1 is 1.32 bits per heavy atom. The molecule has 1 fully saturated rings. The van der Waals surface area contributed by atoms with Crippen molar-refractivity contribution in [1.82, 2.24) is 15.0 Å². The van der Waals surface area contributed by atoms with E-state index in [-0.39, 0.29) is 5.95 Å². The van der Waals surface area contributed by atoms with Gasteiger partial charge in [0.15, 0.2) is 11.6 Å². The van der Waals surface area contributed by atoms with Crippen LogP contribution in [0.2, 0.25) is 0 Å². The third kappa shape index (κ3) is 2.81. The molecule has 22 heavy (non-hydrogen) atoms. The van der Waals surface area contributed by atoms with Crippen molar-refractivity contribution < 1.29 is 4.74 Å². The average Bonchev–Trinajstić information content (AvgIpc) is 3.33. The van der Waals surface area contributed by atoms with E-state index >= 15 is 0 Å². The van der Waals surface area contributed by atoms with E-state index < -0.39 is 0 Å². The molecule has 6 heteroatoms. The summed E-state index contributed by atoms with van der Waals surface area (Å²) in [7, 11) is 0. The second kappa shape index (κ2) is 5.55. The number of nitrogens with zero attached hydrogens (tertiary/aromatic N) is 4. The number of pyridine rings is 1. The van der Waals surface area contributed by atoms with Crippen LogP contribution >= 0.6 is 0 Å². The van der Waals surface area contributed by atoms with Crippen molar-refractivity contribution in [3.05, 3.63) is 36.3 Å². The number of anilines is 1. The fourth-order valence-electron chi connectivity index (χ4n) is 2.14. The number of rotatable bonds is 5. The zero-order chi connectivity index (χ0) is 15.7. The van der Waals surface area contributed by atoms with Gasteiger partial charge in [0, 0.05) is 29.4 Å². The van der Waals surface area contributed by atoms with Crippen molar-refractivity contribution in [3.63, 3.8) is 0 Å². The van der Waals surface area contributed by atoms with E-state index in [4.69, 9.17) is 10.5 Å². The van der Waals surface area contributed by atoms with Crippen LogP contribution in [0.5, 0.6) is 11.5 Å². The molecule has 112 valence electrons. The summed E-state index contributed by atoms with van der Waals surface area (Å²) in [5.41, 5.74) is 8.30. The SMILES string of the molecule is C=Nc1nc(N)ncc1Oc1cc(C2CC2)ncc1C(=C)C. The standard InChI is InChI=1S/C16H17N5O/c1-9(2)11-7-19-12(10-4-5-10)6-13(11)22-14-8-20-16(17)21-15(14)18-3/h6-8,10H,1,3-5H2,2H3,(H2,17,20,21). The minimum Gasteiger partial charge on any atom is -0.451 e. The molecule has 2 aromatic rings. The summed E-state index contributed by atoms with van der Waals surface area (Å²) in [4.78, 5) is 16.3. The van der Waals surface area contributed by atoms with Crippen LogP contribution < -0.4 is 10.5 Å². The average molecular weight is 295 g/mol. The maximum absolute atomic E-state index is 5.95. The summed E-state index contributed by atoms with van der Waals surface area (Å²) in [5, 5.41) is 0. The van der Waals surface area contributed by atoms with Crippen molar-refractivity contribution in [2.24, 2.45) is 4.99 Å². The summed E-state index contributed by atoms with van der Waals surface area (Å²) in [6.07, 6.45) is 5.63. The predicted octanol–water partition coefficient (Wildman–Crippen LogP) is 3.49. The molecule has 2 aromatic heterocycles. The number of aliphatic imine (C=N–C) groups is 1. The highest BCUT2D eigenvalue weighted by molar-refractivity contribution is 5.67. The van der Waals surface area contributed by atoms with Crippen molar-refractivity contribution in [1.29, 1.82) is 0 Å². The van der Waals surface area contributed by atoms with Crippen molar-refractivity contribution in [2.75, 3.05) is 5.73 Å². The third-order valence-electron chi connectivity index (χ3n) is 3.47. The lowest BCUT2D eigenvalue weighted by molar-refractivity contribution is 0.476. The molecule has 6 nitrogen and oxygen atoms in total. The molecule has 0 amide bonds. The molecule has 3 rings (SSSR count). The van der Waals surface area contributed by atoms with E-state index in [1.54, 1.807) is 6.20 Å². The molecule has 0 radical (unpaired) electrons. The maximum atomic E-state index is 5.95. The minimum absolute atomic E-state index is 0.128. The third-order valence-corrected chi connectivity index (χ3v) is 3.47. The number of hydrogen-bond acceptors (Lipinski definition) is 6. The first-order valence-electron chi connectivity index (χ1n) is 7.01. The smallest absolute Gasteiger partial charge is 0.222 e. The molecule has 0 aliphatic heterocycles.